The van der Waals surface area contributed by atoms with Crippen LogP contribution in [0, 0.1) is 12.3 Å². The van der Waals surface area contributed by atoms with Gasteiger partial charge in [-0.25, -0.2) is 19.9 Å². The van der Waals surface area contributed by atoms with E-state index < -0.39 is 17.0 Å². The van der Waals surface area contributed by atoms with Crippen molar-refractivity contribution in [2.45, 2.75) is 81.4 Å². The normalized spacial score (nSPS) is 31.2. The Bertz CT molecular complexity index is 1480. The Balaban J connectivity index is 1.28. The summed E-state index contributed by atoms with van der Waals surface area (Å²) in [6.45, 7) is 2.43. The summed E-state index contributed by atoms with van der Waals surface area (Å²) in [6.07, 6.45) is 1.05. The van der Waals surface area contributed by atoms with Gasteiger partial charge in [0.2, 0.25) is 5.56 Å². The number of halogens is 3. The van der Waals surface area contributed by atoms with Gasteiger partial charge in [0, 0.05) is 43.2 Å². The fraction of sp³-hybridized carbons (Fsp3) is 0.593. The van der Waals surface area contributed by atoms with Gasteiger partial charge in [0.05, 0.1) is 28.6 Å². The summed E-state index contributed by atoms with van der Waals surface area (Å²) in [7, 11) is 1.71. The molecule has 0 unspecified atom stereocenters. The van der Waals surface area contributed by atoms with Crippen LogP contribution in [0.1, 0.15) is 91.4 Å². The molecule has 4 aliphatic carbocycles. The Labute approximate surface area is 211 Å². The van der Waals surface area contributed by atoms with Gasteiger partial charge in [0.15, 0.2) is 5.65 Å². The maximum Gasteiger partial charge on any atom is 0.394 e. The second-order valence-electron chi connectivity index (χ2n) is 11.7. The Morgan fingerprint density at radius 2 is 1.78 bits per heavy atom. The first kappa shape index (κ1) is 23.3. The predicted molar refractivity (Wildman–Crippen MR) is 128 cm³/mol. The Kier molecular flexibility index (Phi) is 4.77. The lowest BCUT2D eigenvalue weighted by molar-refractivity contribution is -0.337. The first-order valence-corrected chi connectivity index (χ1v) is 13.0. The van der Waals surface area contributed by atoms with E-state index in [-0.39, 0.29) is 36.8 Å². The van der Waals surface area contributed by atoms with Gasteiger partial charge in [-0.15, -0.1) is 0 Å². The summed E-state index contributed by atoms with van der Waals surface area (Å²) in [4.78, 5) is 31.4. The van der Waals surface area contributed by atoms with Crippen molar-refractivity contribution in [2.24, 2.45) is 12.5 Å². The summed E-state index contributed by atoms with van der Waals surface area (Å²) in [5.74, 6) is 0.973. The molecule has 0 radical (unpaired) electrons. The highest BCUT2D eigenvalue weighted by atomic mass is 19.4. The molecule has 0 amide bonds. The maximum atomic E-state index is 13.7. The molecule has 8 rings (SSSR count). The van der Waals surface area contributed by atoms with E-state index in [1.54, 1.807) is 19.3 Å². The van der Waals surface area contributed by atoms with Crippen molar-refractivity contribution < 1.29 is 17.9 Å². The zero-order chi connectivity index (χ0) is 25.7. The molecular formula is C27H28F3N5O2. The maximum absolute atomic E-state index is 13.7. The van der Waals surface area contributed by atoms with Crippen molar-refractivity contribution in [2.75, 3.05) is 6.61 Å². The number of ether oxygens (including phenoxy) is 1. The van der Waals surface area contributed by atoms with Gasteiger partial charge in [0.1, 0.15) is 11.3 Å². The Hall–Kier alpha value is -2.88. The van der Waals surface area contributed by atoms with Gasteiger partial charge in [-0.1, -0.05) is 0 Å². The zero-order valence-electron chi connectivity index (χ0n) is 20.8. The number of hydrogen-bond acceptors (Lipinski definition) is 6. The average Bonchev–Trinajstić information content (AvgIpc) is 3.63. The smallest absolute Gasteiger partial charge is 0.373 e. The lowest BCUT2D eigenvalue weighted by atomic mass is 9.34. The molecule has 4 saturated carbocycles. The van der Waals surface area contributed by atoms with Crippen LogP contribution < -0.4 is 5.56 Å². The number of aromatic nitrogens is 5. The molecule has 37 heavy (non-hydrogen) atoms. The highest BCUT2D eigenvalue weighted by Crippen LogP contribution is 2.78. The molecule has 10 heteroatoms. The second kappa shape index (κ2) is 7.58. The van der Waals surface area contributed by atoms with E-state index in [0.29, 0.717) is 48.0 Å². The van der Waals surface area contributed by atoms with Crippen molar-refractivity contribution in [3.8, 4) is 0 Å². The summed E-state index contributed by atoms with van der Waals surface area (Å²) in [5, 5.41) is 0. The van der Waals surface area contributed by atoms with Crippen LogP contribution in [0.25, 0.3) is 11.2 Å². The van der Waals surface area contributed by atoms with E-state index in [0.717, 1.165) is 29.8 Å². The zero-order valence-corrected chi connectivity index (χ0v) is 20.8. The first-order valence-electron chi connectivity index (χ1n) is 13.0. The van der Waals surface area contributed by atoms with Crippen LogP contribution in [0.5, 0.6) is 0 Å². The molecular weight excluding hydrogens is 483 g/mol. The number of nitrogens with zero attached hydrogens (tertiary/aromatic N) is 5. The third-order valence-electron chi connectivity index (χ3n) is 8.99. The molecule has 5 fully saturated rings. The van der Waals surface area contributed by atoms with E-state index in [2.05, 4.69) is 0 Å². The molecule has 1 aliphatic heterocycles. The third kappa shape index (κ3) is 3.47. The summed E-state index contributed by atoms with van der Waals surface area (Å²) in [5.41, 5.74) is 2.12. The number of alkyl halides is 3. The lowest BCUT2D eigenvalue weighted by Crippen LogP contribution is -2.70. The van der Waals surface area contributed by atoms with Crippen LogP contribution in [0.3, 0.4) is 0 Å². The van der Waals surface area contributed by atoms with E-state index >= 15 is 0 Å². The largest absolute Gasteiger partial charge is 0.394 e. The van der Waals surface area contributed by atoms with E-state index in [4.69, 9.17) is 24.7 Å². The van der Waals surface area contributed by atoms with E-state index in [1.165, 1.54) is 10.6 Å². The molecule has 194 valence electrons. The number of aryl methyl sites for hydroxylation is 2. The number of rotatable bonds is 4. The number of fused-ring (bicyclic) bond motifs is 1. The monoisotopic (exact) mass is 511 g/mol. The van der Waals surface area contributed by atoms with Crippen LogP contribution in [-0.2, 0) is 17.2 Å². The summed E-state index contributed by atoms with van der Waals surface area (Å²) >= 11 is 0. The van der Waals surface area contributed by atoms with Crippen LogP contribution in [0.15, 0.2) is 23.1 Å². The van der Waals surface area contributed by atoms with Crippen LogP contribution in [-0.4, -0.2) is 37.3 Å². The van der Waals surface area contributed by atoms with Crippen molar-refractivity contribution >= 4 is 11.2 Å². The molecule has 2 atom stereocenters. The molecule has 3 aromatic heterocycles. The number of pyridine rings is 1. The van der Waals surface area contributed by atoms with Gasteiger partial charge in [-0.2, -0.15) is 13.2 Å². The molecule has 4 heterocycles. The van der Waals surface area contributed by atoms with Gasteiger partial charge in [-0.3, -0.25) is 4.79 Å². The molecule has 0 aromatic carbocycles. The second-order valence-corrected chi connectivity index (χ2v) is 11.7. The fourth-order valence-electron chi connectivity index (χ4n) is 6.77. The average molecular weight is 512 g/mol. The molecule has 0 spiro atoms. The van der Waals surface area contributed by atoms with Crippen LogP contribution in [0.4, 0.5) is 13.2 Å². The van der Waals surface area contributed by atoms with E-state index in [9.17, 15) is 18.0 Å². The molecule has 2 bridgehead atoms. The standard InChI is InChI=1S/C27H28F3N5O2/c1-14-20(15-3-4-15)32-24-21(31-14)22(25-11-26(12-25,13-25)27(28,29)30)33-23(34-24)16-7-8-37-18(9-16)17-5-6-19(36)35(2)10-17/h5-6,10,15-16,18H,3-4,7-9,11-13H2,1-2H3/t16-,18+,25?,26?/m0/s1. The van der Waals surface area contributed by atoms with Crippen molar-refractivity contribution in [3.63, 3.8) is 0 Å². The fourth-order valence-corrected chi connectivity index (χ4v) is 6.77. The van der Waals surface area contributed by atoms with Gasteiger partial charge in [-0.05, 0) is 63.5 Å². The van der Waals surface area contributed by atoms with Crippen molar-refractivity contribution in [1.82, 2.24) is 24.5 Å². The minimum absolute atomic E-state index is 0.0319. The van der Waals surface area contributed by atoms with Crippen molar-refractivity contribution in [1.29, 1.82) is 0 Å². The molecule has 7 nitrogen and oxygen atoms in total. The van der Waals surface area contributed by atoms with Crippen LogP contribution >= 0.6 is 0 Å². The SMILES string of the molecule is Cc1nc2c(C34CC(C(F)(F)F)(C3)C4)nc([C@H]3CCO[C@@H](c4ccc(=O)n(C)c4)C3)nc2nc1C1CC1. The third-order valence-corrected chi connectivity index (χ3v) is 8.99. The topological polar surface area (TPSA) is 82.8 Å². The van der Waals surface area contributed by atoms with Gasteiger partial charge in [0.25, 0.3) is 0 Å². The minimum atomic E-state index is -4.19. The highest BCUT2D eigenvalue weighted by Gasteiger charge is 2.79. The van der Waals surface area contributed by atoms with Gasteiger partial charge >= 0.3 is 6.18 Å². The molecule has 1 saturated heterocycles. The van der Waals surface area contributed by atoms with Crippen molar-refractivity contribution in [3.05, 3.63) is 57.2 Å². The van der Waals surface area contributed by atoms with Crippen LogP contribution in [0.2, 0.25) is 0 Å². The highest BCUT2D eigenvalue weighted by molar-refractivity contribution is 5.75. The summed E-state index contributed by atoms with van der Waals surface area (Å²) < 4.78 is 48.6. The molecule has 0 N–H and O–H groups in total. The minimum Gasteiger partial charge on any atom is -0.373 e. The molecule has 5 aliphatic rings. The first-order chi connectivity index (χ1) is 17.6. The van der Waals surface area contributed by atoms with Gasteiger partial charge < -0.3 is 9.30 Å². The quantitative estimate of drug-likeness (QED) is 0.494. The lowest BCUT2D eigenvalue weighted by Gasteiger charge is -2.70. The Morgan fingerprint density at radius 3 is 2.46 bits per heavy atom. The van der Waals surface area contributed by atoms with E-state index in [1.807, 2.05) is 6.92 Å². The number of hydrogen-bond donors (Lipinski definition) is 0. The summed E-state index contributed by atoms with van der Waals surface area (Å²) in [6, 6.07) is 3.32. The Morgan fingerprint density at radius 1 is 1.03 bits per heavy atom. The molecule has 3 aromatic rings. The predicted octanol–water partition coefficient (Wildman–Crippen LogP) is 4.92.